The number of piperazine rings is 1. The molecule has 6 nitrogen and oxygen atoms in total. The molecule has 172 valence electrons. The van der Waals surface area contributed by atoms with E-state index >= 15 is 0 Å². The highest BCUT2D eigenvalue weighted by molar-refractivity contribution is 5.95. The van der Waals surface area contributed by atoms with E-state index in [4.69, 9.17) is 4.74 Å². The maximum atomic E-state index is 14.4. The minimum absolute atomic E-state index is 0.126. The zero-order valence-corrected chi connectivity index (χ0v) is 19.2. The highest BCUT2D eigenvalue weighted by atomic mass is 19.1. The third-order valence-electron chi connectivity index (χ3n) is 6.32. The summed E-state index contributed by atoms with van der Waals surface area (Å²) >= 11 is 0. The quantitative estimate of drug-likeness (QED) is 0.599. The number of rotatable bonds is 5. The Bertz CT molecular complexity index is 1230. The fourth-order valence-electron chi connectivity index (χ4n) is 4.27. The van der Waals surface area contributed by atoms with Crippen LogP contribution in [0, 0.1) is 12.7 Å². The fraction of sp³-hybridized carbons (Fsp3) is 0.308. The third kappa shape index (κ3) is 4.62. The van der Waals surface area contributed by atoms with Crippen LogP contribution in [0.2, 0.25) is 0 Å². The number of anilines is 1. The molecular weight excluding hydrogens is 421 g/mol. The second-order valence-corrected chi connectivity index (χ2v) is 8.28. The molecule has 1 aliphatic rings. The molecule has 0 unspecified atom stereocenters. The first-order valence-electron chi connectivity index (χ1n) is 11.0. The van der Waals surface area contributed by atoms with Crippen LogP contribution in [0.1, 0.15) is 27.3 Å². The number of aromatic nitrogens is 1. The van der Waals surface area contributed by atoms with Gasteiger partial charge in [0.2, 0.25) is 0 Å². The lowest BCUT2D eigenvalue weighted by atomic mass is 10.0. The van der Waals surface area contributed by atoms with Crippen molar-refractivity contribution in [3.63, 3.8) is 0 Å². The van der Waals surface area contributed by atoms with Gasteiger partial charge < -0.3 is 19.1 Å². The average Bonchev–Trinajstić information content (AvgIpc) is 2.83. The van der Waals surface area contributed by atoms with E-state index in [2.05, 4.69) is 4.90 Å². The Labute approximate surface area is 192 Å². The molecule has 0 N–H and O–H groups in total. The van der Waals surface area contributed by atoms with Gasteiger partial charge in [-0.2, -0.15) is 0 Å². The summed E-state index contributed by atoms with van der Waals surface area (Å²) < 4.78 is 21.5. The zero-order chi connectivity index (χ0) is 23.5. The van der Waals surface area contributed by atoms with E-state index in [1.807, 2.05) is 42.8 Å². The van der Waals surface area contributed by atoms with Crippen molar-refractivity contribution >= 4 is 11.6 Å². The molecular formula is C26H28FN3O3. The first kappa shape index (κ1) is 22.6. The molecule has 0 saturated carbocycles. The third-order valence-corrected chi connectivity index (χ3v) is 6.32. The number of carbonyl (C=O) groups excluding carboxylic acids is 1. The lowest BCUT2D eigenvalue weighted by molar-refractivity contribution is 0.0743. The molecule has 1 aromatic heterocycles. The molecule has 1 saturated heterocycles. The molecule has 1 fully saturated rings. The number of pyridine rings is 1. The van der Waals surface area contributed by atoms with Crippen molar-refractivity contribution in [2.24, 2.45) is 7.05 Å². The molecule has 33 heavy (non-hydrogen) atoms. The van der Waals surface area contributed by atoms with Crippen LogP contribution < -0.4 is 15.1 Å². The lowest BCUT2D eigenvalue weighted by Gasteiger charge is -2.36. The van der Waals surface area contributed by atoms with Gasteiger partial charge in [-0.3, -0.25) is 9.59 Å². The van der Waals surface area contributed by atoms with Crippen LogP contribution in [0.5, 0.6) is 5.75 Å². The SMILES string of the molecule is COc1cccc(N2CCN(C(=O)c3c(Cc4ccccc4F)n(C)c(C)cc3=O)CC2)c1. The van der Waals surface area contributed by atoms with Gasteiger partial charge in [0.05, 0.1) is 7.11 Å². The number of methoxy groups -OCH3 is 1. The monoisotopic (exact) mass is 449 g/mol. The summed E-state index contributed by atoms with van der Waals surface area (Å²) in [6.07, 6.45) is 0.172. The minimum Gasteiger partial charge on any atom is -0.497 e. The van der Waals surface area contributed by atoms with Crippen LogP contribution in [0.4, 0.5) is 10.1 Å². The topological polar surface area (TPSA) is 54.8 Å². The molecule has 7 heteroatoms. The van der Waals surface area contributed by atoms with E-state index in [1.165, 1.54) is 12.1 Å². The second-order valence-electron chi connectivity index (χ2n) is 8.28. The summed E-state index contributed by atoms with van der Waals surface area (Å²) in [5.74, 6) is 0.135. The smallest absolute Gasteiger partial charge is 0.259 e. The van der Waals surface area contributed by atoms with Crippen LogP contribution >= 0.6 is 0 Å². The molecule has 4 rings (SSSR count). The van der Waals surface area contributed by atoms with E-state index in [9.17, 15) is 14.0 Å². The fourth-order valence-corrected chi connectivity index (χ4v) is 4.27. The van der Waals surface area contributed by atoms with Crippen LogP contribution in [-0.2, 0) is 13.5 Å². The number of hydrogen-bond donors (Lipinski definition) is 0. The summed E-state index contributed by atoms with van der Waals surface area (Å²) in [6, 6.07) is 15.8. The number of ether oxygens (including phenoxy) is 1. The molecule has 0 radical (unpaired) electrons. The molecule has 3 aromatic rings. The Morgan fingerprint density at radius 2 is 1.76 bits per heavy atom. The highest BCUT2D eigenvalue weighted by Crippen LogP contribution is 2.23. The van der Waals surface area contributed by atoms with Crippen molar-refractivity contribution in [3.8, 4) is 5.75 Å². The van der Waals surface area contributed by atoms with Crippen molar-refractivity contribution in [1.29, 1.82) is 0 Å². The van der Waals surface area contributed by atoms with E-state index in [1.54, 1.807) is 30.2 Å². The summed E-state index contributed by atoms with van der Waals surface area (Å²) in [5.41, 5.74) is 2.55. The molecule has 1 aliphatic heterocycles. The number of benzene rings is 2. The first-order valence-corrected chi connectivity index (χ1v) is 11.0. The van der Waals surface area contributed by atoms with Crippen LogP contribution in [-0.4, -0.2) is 48.7 Å². The standard InChI is InChI=1S/C26H28FN3O3/c1-18-15-24(31)25(23(28(18)2)16-19-7-4-5-10-22(19)27)26(32)30-13-11-29(12-14-30)20-8-6-9-21(17-20)33-3/h4-10,15,17H,11-14,16H2,1-3H3. The van der Waals surface area contributed by atoms with Crippen LogP contribution in [0.15, 0.2) is 59.4 Å². The highest BCUT2D eigenvalue weighted by Gasteiger charge is 2.27. The molecule has 0 aliphatic carbocycles. The van der Waals surface area contributed by atoms with Gasteiger partial charge in [-0.1, -0.05) is 24.3 Å². The van der Waals surface area contributed by atoms with Gasteiger partial charge in [0, 0.05) is 68.9 Å². The van der Waals surface area contributed by atoms with E-state index in [0.29, 0.717) is 37.4 Å². The van der Waals surface area contributed by atoms with Gasteiger partial charge in [-0.25, -0.2) is 4.39 Å². The number of hydrogen-bond acceptors (Lipinski definition) is 4. The number of amides is 1. The van der Waals surface area contributed by atoms with Crippen molar-refractivity contribution in [1.82, 2.24) is 9.47 Å². The minimum atomic E-state index is -0.350. The van der Waals surface area contributed by atoms with E-state index < -0.39 is 0 Å². The molecule has 2 aromatic carbocycles. The number of carbonyl (C=O) groups is 1. The first-order chi connectivity index (χ1) is 15.9. The molecule has 1 amide bonds. The maximum absolute atomic E-state index is 14.4. The maximum Gasteiger partial charge on any atom is 0.259 e. The Hall–Kier alpha value is -3.61. The lowest BCUT2D eigenvalue weighted by Crippen LogP contribution is -2.50. The Balaban J connectivity index is 1.59. The predicted molar refractivity (Wildman–Crippen MR) is 127 cm³/mol. The van der Waals surface area contributed by atoms with E-state index in [-0.39, 0.29) is 29.1 Å². The largest absolute Gasteiger partial charge is 0.497 e. The summed E-state index contributed by atoms with van der Waals surface area (Å²) in [6.45, 7) is 4.09. The molecule has 0 spiro atoms. The predicted octanol–water partition coefficient (Wildman–Crippen LogP) is 3.39. The van der Waals surface area contributed by atoms with Gasteiger partial charge in [0.1, 0.15) is 17.1 Å². The summed E-state index contributed by atoms with van der Waals surface area (Å²) in [4.78, 5) is 30.4. The average molecular weight is 450 g/mol. The normalized spacial score (nSPS) is 13.8. The van der Waals surface area contributed by atoms with Crippen molar-refractivity contribution < 1.29 is 13.9 Å². The summed E-state index contributed by atoms with van der Waals surface area (Å²) in [5, 5.41) is 0. The van der Waals surface area contributed by atoms with Crippen molar-refractivity contribution in [2.45, 2.75) is 13.3 Å². The van der Waals surface area contributed by atoms with Gasteiger partial charge in [0.25, 0.3) is 5.91 Å². The zero-order valence-electron chi connectivity index (χ0n) is 19.2. The Morgan fingerprint density at radius 1 is 1.03 bits per heavy atom. The molecule has 0 atom stereocenters. The molecule has 0 bridgehead atoms. The van der Waals surface area contributed by atoms with E-state index in [0.717, 1.165) is 17.1 Å². The van der Waals surface area contributed by atoms with Crippen molar-refractivity contribution in [3.05, 3.63) is 93.2 Å². The van der Waals surface area contributed by atoms with Gasteiger partial charge in [0.15, 0.2) is 5.43 Å². The Kier molecular flexibility index (Phi) is 6.49. The van der Waals surface area contributed by atoms with Gasteiger partial charge in [-0.05, 0) is 30.7 Å². The Morgan fingerprint density at radius 3 is 2.45 bits per heavy atom. The molecule has 2 heterocycles. The van der Waals surface area contributed by atoms with Gasteiger partial charge >= 0.3 is 0 Å². The number of nitrogens with zero attached hydrogens (tertiary/aromatic N) is 3. The van der Waals surface area contributed by atoms with Crippen LogP contribution in [0.3, 0.4) is 0 Å². The van der Waals surface area contributed by atoms with Gasteiger partial charge in [-0.15, -0.1) is 0 Å². The van der Waals surface area contributed by atoms with Crippen LogP contribution in [0.25, 0.3) is 0 Å². The summed E-state index contributed by atoms with van der Waals surface area (Å²) in [7, 11) is 3.44. The number of aryl methyl sites for hydroxylation is 1. The van der Waals surface area contributed by atoms with Crippen molar-refractivity contribution in [2.75, 3.05) is 38.2 Å². The number of halogens is 1. The second kappa shape index (κ2) is 9.48.